The molecule has 1 N–H and O–H groups in total. The van der Waals surface area contributed by atoms with E-state index in [0.717, 1.165) is 20.8 Å². The minimum absolute atomic E-state index is 0.0727. The van der Waals surface area contributed by atoms with Gasteiger partial charge in [-0.3, -0.25) is 4.79 Å². The van der Waals surface area contributed by atoms with Gasteiger partial charge in [0.2, 0.25) is 0 Å². The molecule has 2 aromatic heterocycles. The first kappa shape index (κ1) is 12.4. The smallest absolute Gasteiger partial charge is 0.259 e. The molecule has 2 heterocycles. The number of H-pyrrole nitrogens is 1. The van der Waals surface area contributed by atoms with E-state index < -0.39 is 0 Å². The maximum Gasteiger partial charge on any atom is 0.259 e. The molecule has 3 nitrogen and oxygen atoms in total. The number of aromatic nitrogens is 2. The van der Waals surface area contributed by atoms with Crippen molar-refractivity contribution in [1.82, 2.24) is 9.97 Å². The molecule has 96 valence electrons. The van der Waals surface area contributed by atoms with E-state index in [1.54, 1.807) is 6.92 Å². The summed E-state index contributed by atoms with van der Waals surface area (Å²) in [5.41, 5.74) is 1.95. The van der Waals surface area contributed by atoms with Crippen LogP contribution in [0.3, 0.4) is 0 Å². The first-order valence-electron chi connectivity index (χ1n) is 5.82. The Morgan fingerprint density at radius 2 is 1.89 bits per heavy atom. The summed E-state index contributed by atoms with van der Waals surface area (Å²) in [6, 6.07) is 7.62. The summed E-state index contributed by atoms with van der Waals surface area (Å²) < 4.78 is 0. The lowest BCUT2D eigenvalue weighted by molar-refractivity contribution is 1.06. The molecule has 1 aromatic carbocycles. The highest BCUT2D eigenvalue weighted by atomic mass is 35.5. The van der Waals surface area contributed by atoms with Gasteiger partial charge in [-0.05, 0) is 37.1 Å². The quantitative estimate of drug-likeness (QED) is 0.738. The molecule has 0 radical (unpaired) electrons. The van der Waals surface area contributed by atoms with E-state index in [2.05, 4.69) is 9.97 Å². The number of halogens is 1. The van der Waals surface area contributed by atoms with Gasteiger partial charge >= 0.3 is 0 Å². The number of aromatic amines is 1. The van der Waals surface area contributed by atoms with E-state index >= 15 is 0 Å². The molecule has 0 saturated heterocycles. The number of nitrogens with zero attached hydrogens (tertiary/aromatic N) is 1. The van der Waals surface area contributed by atoms with E-state index in [9.17, 15) is 4.79 Å². The Bertz CT molecular complexity index is 818. The summed E-state index contributed by atoms with van der Waals surface area (Å²) in [6.07, 6.45) is 0. The molecule has 0 aliphatic heterocycles. The van der Waals surface area contributed by atoms with Crippen LogP contribution in [-0.4, -0.2) is 9.97 Å². The van der Waals surface area contributed by atoms with Crippen molar-refractivity contribution in [1.29, 1.82) is 0 Å². The topological polar surface area (TPSA) is 45.8 Å². The maximum atomic E-state index is 12.0. The number of hydrogen-bond acceptors (Lipinski definition) is 3. The van der Waals surface area contributed by atoms with Crippen LogP contribution < -0.4 is 5.56 Å². The van der Waals surface area contributed by atoms with Crippen LogP contribution >= 0.6 is 22.9 Å². The summed E-state index contributed by atoms with van der Waals surface area (Å²) in [5, 5.41) is 1.38. The lowest BCUT2D eigenvalue weighted by atomic mass is 10.1. The van der Waals surface area contributed by atoms with Crippen LogP contribution in [0.4, 0.5) is 0 Å². The Morgan fingerprint density at radius 3 is 2.58 bits per heavy atom. The van der Waals surface area contributed by atoms with Gasteiger partial charge in [0.15, 0.2) is 0 Å². The standard InChI is InChI=1S/C14H11ClN2OS/c1-7-11-13(18)16-8(2)17-14(11)19-12(7)9-3-5-10(15)6-4-9/h3-6H,1-2H3,(H,16,17,18). The van der Waals surface area contributed by atoms with E-state index in [0.29, 0.717) is 16.2 Å². The van der Waals surface area contributed by atoms with Gasteiger partial charge in [-0.25, -0.2) is 4.98 Å². The minimum Gasteiger partial charge on any atom is -0.310 e. The van der Waals surface area contributed by atoms with Crippen molar-refractivity contribution in [3.05, 3.63) is 51.0 Å². The minimum atomic E-state index is -0.0727. The predicted octanol–water partition coefficient (Wildman–Crippen LogP) is 3.92. The molecule has 5 heteroatoms. The molecular weight excluding hydrogens is 280 g/mol. The zero-order chi connectivity index (χ0) is 13.6. The van der Waals surface area contributed by atoms with Gasteiger partial charge in [0.25, 0.3) is 5.56 Å². The molecule has 3 rings (SSSR count). The van der Waals surface area contributed by atoms with Crippen LogP contribution in [0.5, 0.6) is 0 Å². The van der Waals surface area contributed by atoms with Gasteiger partial charge < -0.3 is 4.98 Å². The molecule has 0 amide bonds. The highest BCUT2D eigenvalue weighted by molar-refractivity contribution is 7.22. The van der Waals surface area contributed by atoms with E-state index in [-0.39, 0.29) is 5.56 Å². The van der Waals surface area contributed by atoms with Gasteiger partial charge in [-0.1, -0.05) is 23.7 Å². The monoisotopic (exact) mass is 290 g/mol. The molecule has 3 aromatic rings. The van der Waals surface area contributed by atoms with Crippen LogP contribution in [-0.2, 0) is 0 Å². The normalized spacial score (nSPS) is 11.1. The summed E-state index contributed by atoms with van der Waals surface area (Å²) in [6.45, 7) is 3.74. The van der Waals surface area contributed by atoms with Crippen LogP contribution in [0, 0.1) is 13.8 Å². The number of thiophene rings is 1. The van der Waals surface area contributed by atoms with Crippen molar-refractivity contribution in [3.8, 4) is 10.4 Å². The third-order valence-electron chi connectivity index (χ3n) is 3.03. The Balaban J connectivity index is 2.31. The van der Waals surface area contributed by atoms with Gasteiger partial charge in [0.05, 0.1) is 5.39 Å². The molecule has 0 atom stereocenters. The van der Waals surface area contributed by atoms with Gasteiger partial charge in [-0.15, -0.1) is 11.3 Å². The average molecular weight is 291 g/mol. The summed E-state index contributed by atoms with van der Waals surface area (Å²) >= 11 is 7.44. The number of hydrogen-bond donors (Lipinski definition) is 1. The maximum absolute atomic E-state index is 12.0. The number of rotatable bonds is 1. The van der Waals surface area contributed by atoms with E-state index in [4.69, 9.17) is 11.6 Å². The lowest BCUT2D eigenvalue weighted by Gasteiger charge is -1.99. The third-order valence-corrected chi connectivity index (χ3v) is 4.51. The Hall–Kier alpha value is -1.65. The molecule has 0 unspecified atom stereocenters. The average Bonchev–Trinajstić information content (AvgIpc) is 2.67. The molecule has 0 aliphatic rings. The van der Waals surface area contributed by atoms with Gasteiger partial charge in [0.1, 0.15) is 10.7 Å². The van der Waals surface area contributed by atoms with Crippen LogP contribution in [0.1, 0.15) is 11.4 Å². The van der Waals surface area contributed by atoms with E-state index in [1.165, 1.54) is 11.3 Å². The van der Waals surface area contributed by atoms with Crippen LogP contribution in [0.2, 0.25) is 5.02 Å². The van der Waals surface area contributed by atoms with Crippen LogP contribution in [0.15, 0.2) is 29.1 Å². The Labute approximate surface area is 118 Å². The Morgan fingerprint density at radius 1 is 1.21 bits per heavy atom. The largest absolute Gasteiger partial charge is 0.310 e. The number of aryl methyl sites for hydroxylation is 2. The molecule has 0 aliphatic carbocycles. The Kier molecular flexibility index (Phi) is 2.92. The zero-order valence-corrected chi connectivity index (χ0v) is 12.0. The van der Waals surface area contributed by atoms with Crippen molar-refractivity contribution in [3.63, 3.8) is 0 Å². The highest BCUT2D eigenvalue weighted by Gasteiger charge is 2.14. The van der Waals surface area contributed by atoms with Crippen molar-refractivity contribution in [2.24, 2.45) is 0 Å². The fourth-order valence-electron chi connectivity index (χ4n) is 2.13. The van der Waals surface area contributed by atoms with Crippen molar-refractivity contribution < 1.29 is 0 Å². The second-order valence-electron chi connectivity index (χ2n) is 4.39. The highest BCUT2D eigenvalue weighted by Crippen LogP contribution is 2.35. The van der Waals surface area contributed by atoms with Crippen molar-refractivity contribution in [2.75, 3.05) is 0 Å². The molecule has 0 saturated carbocycles. The molecule has 19 heavy (non-hydrogen) atoms. The fourth-order valence-corrected chi connectivity index (χ4v) is 3.49. The number of fused-ring (bicyclic) bond motifs is 1. The van der Waals surface area contributed by atoms with Gasteiger partial charge in [0, 0.05) is 9.90 Å². The summed E-state index contributed by atoms with van der Waals surface area (Å²) in [5.74, 6) is 0.640. The van der Waals surface area contributed by atoms with Crippen molar-refractivity contribution in [2.45, 2.75) is 13.8 Å². The zero-order valence-electron chi connectivity index (χ0n) is 10.5. The van der Waals surface area contributed by atoms with Gasteiger partial charge in [-0.2, -0.15) is 0 Å². The number of benzene rings is 1. The summed E-state index contributed by atoms with van der Waals surface area (Å²) in [4.78, 5) is 21.0. The lowest BCUT2D eigenvalue weighted by Crippen LogP contribution is -2.08. The molecule has 0 spiro atoms. The third kappa shape index (κ3) is 2.07. The molecule has 0 bridgehead atoms. The first-order chi connectivity index (χ1) is 9.06. The van der Waals surface area contributed by atoms with E-state index in [1.807, 2.05) is 31.2 Å². The van der Waals surface area contributed by atoms with Crippen molar-refractivity contribution >= 4 is 33.2 Å². The number of nitrogens with one attached hydrogen (secondary N) is 1. The molecular formula is C14H11ClN2OS. The summed E-state index contributed by atoms with van der Waals surface area (Å²) in [7, 11) is 0. The fraction of sp³-hybridized carbons (Fsp3) is 0.143. The SMILES string of the molecule is Cc1nc2sc(-c3ccc(Cl)cc3)c(C)c2c(=O)[nH]1. The molecule has 0 fully saturated rings. The second kappa shape index (κ2) is 4.47. The second-order valence-corrected chi connectivity index (χ2v) is 5.83. The first-order valence-corrected chi connectivity index (χ1v) is 7.01. The van der Waals surface area contributed by atoms with Crippen LogP contribution in [0.25, 0.3) is 20.7 Å². The predicted molar refractivity (Wildman–Crippen MR) is 80.2 cm³/mol.